The number of hydrogen-bond donors (Lipinski definition) is 2. The first-order valence-corrected chi connectivity index (χ1v) is 6.03. The van der Waals surface area contributed by atoms with Crippen LogP contribution in [0.3, 0.4) is 0 Å². The number of aryl methyl sites for hydroxylation is 2. The number of pyridine rings is 1. The van der Waals surface area contributed by atoms with Crippen LogP contribution in [-0.2, 0) is 6.54 Å². The third kappa shape index (κ3) is 2.06. The molecule has 6 heteroatoms. The van der Waals surface area contributed by atoms with Crippen molar-refractivity contribution < 1.29 is 0 Å². The Balaban J connectivity index is 2.12. The molecule has 0 bridgehead atoms. The fourth-order valence-electron chi connectivity index (χ4n) is 2.00. The van der Waals surface area contributed by atoms with Crippen LogP contribution < -0.4 is 5.73 Å². The summed E-state index contributed by atoms with van der Waals surface area (Å²) < 4.78 is 0. The number of fused-ring (bicyclic) bond motifs is 1. The second kappa shape index (κ2) is 4.40. The lowest BCUT2D eigenvalue weighted by Gasteiger charge is -2.04. The molecule has 3 rings (SSSR count). The summed E-state index contributed by atoms with van der Waals surface area (Å²) in [5.41, 5.74) is 10.8. The van der Waals surface area contributed by atoms with Crippen LogP contribution in [0.15, 0.2) is 18.3 Å². The van der Waals surface area contributed by atoms with Crippen molar-refractivity contribution >= 4 is 11.2 Å². The van der Waals surface area contributed by atoms with E-state index in [9.17, 15) is 0 Å². The molecular weight excluding hydrogens is 240 g/mol. The van der Waals surface area contributed by atoms with Gasteiger partial charge in [0, 0.05) is 18.3 Å². The van der Waals surface area contributed by atoms with E-state index in [-0.39, 0.29) is 0 Å². The van der Waals surface area contributed by atoms with Crippen LogP contribution in [0.4, 0.5) is 0 Å². The highest BCUT2D eigenvalue weighted by atomic mass is 15.1. The van der Waals surface area contributed by atoms with Gasteiger partial charge in [0.05, 0.1) is 16.9 Å². The third-order valence-electron chi connectivity index (χ3n) is 3.05. The van der Waals surface area contributed by atoms with Gasteiger partial charge in [-0.05, 0) is 31.5 Å². The van der Waals surface area contributed by atoms with Crippen molar-refractivity contribution in [3.05, 3.63) is 35.4 Å². The van der Waals surface area contributed by atoms with Gasteiger partial charge < -0.3 is 10.7 Å². The fraction of sp³-hybridized carbons (Fsp3) is 0.231. The molecule has 0 spiro atoms. The maximum atomic E-state index is 5.69. The Labute approximate surface area is 110 Å². The molecule has 3 aromatic heterocycles. The van der Waals surface area contributed by atoms with Crippen LogP contribution in [0.2, 0.25) is 0 Å². The van der Waals surface area contributed by atoms with Crippen molar-refractivity contribution in [3.63, 3.8) is 0 Å². The van der Waals surface area contributed by atoms with Gasteiger partial charge in [0.1, 0.15) is 5.82 Å². The smallest absolute Gasteiger partial charge is 0.177 e. The summed E-state index contributed by atoms with van der Waals surface area (Å²) in [5.74, 6) is 0.845. The minimum atomic E-state index is 0.452. The Kier molecular flexibility index (Phi) is 2.72. The maximum Gasteiger partial charge on any atom is 0.177 e. The van der Waals surface area contributed by atoms with Crippen molar-refractivity contribution in [1.29, 1.82) is 0 Å². The second-order valence-corrected chi connectivity index (χ2v) is 4.46. The number of rotatable bonds is 2. The molecule has 0 atom stereocenters. The molecule has 0 saturated heterocycles. The van der Waals surface area contributed by atoms with Gasteiger partial charge in [-0.25, -0.2) is 9.97 Å². The normalized spacial score (nSPS) is 11.1. The number of H-pyrrole nitrogens is 1. The standard InChI is InChI=1S/C13H14N6/c1-7-9(5-14)3-11(19-18-7)10-4-12-13(15-6-10)17-8(2)16-12/h3-4,6H,5,14H2,1-2H3,(H,15,16,17). The topological polar surface area (TPSA) is 93.4 Å². The predicted molar refractivity (Wildman–Crippen MR) is 72.3 cm³/mol. The summed E-state index contributed by atoms with van der Waals surface area (Å²) in [4.78, 5) is 11.8. The van der Waals surface area contributed by atoms with E-state index < -0.39 is 0 Å². The molecule has 0 radical (unpaired) electrons. The Morgan fingerprint density at radius 2 is 2.05 bits per heavy atom. The lowest BCUT2D eigenvalue weighted by Crippen LogP contribution is -2.03. The highest BCUT2D eigenvalue weighted by Gasteiger charge is 2.08. The lowest BCUT2D eigenvalue weighted by molar-refractivity contribution is 0.924. The van der Waals surface area contributed by atoms with Crippen LogP contribution in [0.25, 0.3) is 22.4 Å². The molecule has 0 saturated carbocycles. The van der Waals surface area contributed by atoms with E-state index in [1.54, 1.807) is 6.20 Å². The predicted octanol–water partition coefficient (Wildman–Crippen LogP) is 1.49. The highest BCUT2D eigenvalue weighted by Crippen LogP contribution is 2.20. The van der Waals surface area contributed by atoms with E-state index in [2.05, 4.69) is 25.1 Å². The van der Waals surface area contributed by atoms with Crippen LogP contribution >= 0.6 is 0 Å². The zero-order chi connectivity index (χ0) is 13.4. The quantitative estimate of drug-likeness (QED) is 0.722. The molecule has 19 heavy (non-hydrogen) atoms. The number of aromatic nitrogens is 5. The third-order valence-corrected chi connectivity index (χ3v) is 3.05. The molecule has 3 heterocycles. The molecule has 0 aliphatic rings. The average molecular weight is 254 g/mol. The van der Waals surface area contributed by atoms with Crippen LogP contribution in [-0.4, -0.2) is 25.1 Å². The first-order valence-electron chi connectivity index (χ1n) is 6.03. The number of hydrogen-bond acceptors (Lipinski definition) is 5. The summed E-state index contributed by atoms with van der Waals surface area (Å²) in [6.45, 7) is 4.26. The van der Waals surface area contributed by atoms with Gasteiger partial charge in [0.15, 0.2) is 5.65 Å². The Hall–Kier alpha value is -2.34. The minimum absolute atomic E-state index is 0.452. The van der Waals surface area contributed by atoms with Crippen molar-refractivity contribution in [2.45, 2.75) is 20.4 Å². The number of nitrogens with zero attached hydrogens (tertiary/aromatic N) is 4. The van der Waals surface area contributed by atoms with Gasteiger partial charge in [-0.1, -0.05) is 0 Å². The molecular formula is C13H14N6. The van der Waals surface area contributed by atoms with E-state index in [1.807, 2.05) is 26.0 Å². The minimum Gasteiger partial charge on any atom is -0.341 e. The molecule has 0 fully saturated rings. The van der Waals surface area contributed by atoms with Gasteiger partial charge in [-0.3, -0.25) is 0 Å². The summed E-state index contributed by atoms with van der Waals surface area (Å²) in [5, 5.41) is 8.32. The fourth-order valence-corrected chi connectivity index (χ4v) is 2.00. The largest absolute Gasteiger partial charge is 0.341 e. The molecule has 0 aliphatic heterocycles. The van der Waals surface area contributed by atoms with Crippen LogP contribution in [0.1, 0.15) is 17.1 Å². The van der Waals surface area contributed by atoms with Crippen molar-refractivity contribution in [3.8, 4) is 11.3 Å². The summed E-state index contributed by atoms with van der Waals surface area (Å²) in [6.07, 6.45) is 1.75. The van der Waals surface area contributed by atoms with Crippen LogP contribution in [0, 0.1) is 13.8 Å². The zero-order valence-electron chi connectivity index (χ0n) is 10.8. The molecule has 6 nitrogen and oxygen atoms in total. The Bertz CT molecular complexity index is 746. The van der Waals surface area contributed by atoms with E-state index in [1.165, 1.54) is 0 Å². The van der Waals surface area contributed by atoms with Gasteiger partial charge in [-0.15, -0.1) is 0 Å². The number of aromatic amines is 1. The monoisotopic (exact) mass is 254 g/mol. The van der Waals surface area contributed by atoms with E-state index in [0.29, 0.717) is 12.2 Å². The molecule has 0 unspecified atom stereocenters. The molecule has 0 aliphatic carbocycles. The number of nitrogens with one attached hydrogen (secondary N) is 1. The Morgan fingerprint density at radius 1 is 1.21 bits per heavy atom. The second-order valence-electron chi connectivity index (χ2n) is 4.46. The van der Waals surface area contributed by atoms with E-state index in [4.69, 9.17) is 5.73 Å². The van der Waals surface area contributed by atoms with Crippen LogP contribution in [0.5, 0.6) is 0 Å². The molecule has 0 amide bonds. The average Bonchev–Trinajstić information content (AvgIpc) is 2.78. The van der Waals surface area contributed by atoms with Gasteiger partial charge in [0.25, 0.3) is 0 Å². The molecule has 3 aromatic rings. The number of nitrogens with two attached hydrogens (primary N) is 1. The maximum absolute atomic E-state index is 5.69. The van der Waals surface area contributed by atoms with Gasteiger partial charge in [-0.2, -0.15) is 10.2 Å². The first-order chi connectivity index (χ1) is 9.17. The SMILES string of the molecule is Cc1nc2ncc(-c3cc(CN)c(C)nn3)cc2[nH]1. The van der Waals surface area contributed by atoms with Gasteiger partial charge >= 0.3 is 0 Å². The van der Waals surface area contributed by atoms with Crippen molar-refractivity contribution in [2.24, 2.45) is 5.73 Å². The lowest BCUT2D eigenvalue weighted by atomic mass is 10.1. The Morgan fingerprint density at radius 3 is 2.84 bits per heavy atom. The van der Waals surface area contributed by atoms with Gasteiger partial charge in [0.2, 0.25) is 0 Å². The zero-order valence-corrected chi connectivity index (χ0v) is 10.8. The highest BCUT2D eigenvalue weighted by molar-refractivity contribution is 5.76. The molecule has 96 valence electrons. The van der Waals surface area contributed by atoms with Crippen molar-refractivity contribution in [1.82, 2.24) is 25.1 Å². The van der Waals surface area contributed by atoms with E-state index in [0.717, 1.165) is 33.9 Å². The van der Waals surface area contributed by atoms with E-state index >= 15 is 0 Å². The number of imidazole rings is 1. The summed E-state index contributed by atoms with van der Waals surface area (Å²) >= 11 is 0. The van der Waals surface area contributed by atoms with Crippen molar-refractivity contribution in [2.75, 3.05) is 0 Å². The summed E-state index contributed by atoms with van der Waals surface area (Å²) in [7, 11) is 0. The molecule has 3 N–H and O–H groups in total. The summed E-state index contributed by atoms with van der Waals surface area (Å²) in [6, 6.07) is 3.93. The molecule has 0 aromatic carbocycles. The first kappa shape index (κ1) is 11.7.